The van der Waals surface area contributed by atoms with Crippen molar-refractivity contribution in [3.05, 3.63) is 58.8 Å². The Morgan fingerprint density at radius 1 is 1.21 bits per heavy atom. The summed E-state index contributed by atoms with van der Waals surface area (Å²) in [5, 5.41) is 13.8. The zero-order valence-corrected chi connectivity index (χ0v) is 18.9. The lowest BCUT2D eigenvalue weighted by atomic mass is 9.88. The highest BCUT2D eigenvalue weighted by atomic mass is 16.3. The monoisotopic (exact) mass is 446 g/mol. The number of aromatic nitrogens is 2. The first-order chi connectivity index (χ1) is 16.1. The summed E-state index contributed by atoms with van der Waals surface area (Å²) in [6, 6.07) is 7.61. The maximum absolute atomic E-state index is 13.7. The maximum atomic E-state index is 13.7. The van der Waals surface area contributed by atoms with E-state index in [1.54, 1.807) is 18.5 Å². The zero-order chi connectivity index (χ0) is 22.9. The molecule has 2 aliphatic heterocycles. The number of aliphatic hydroxyl groups excluding tert-OH is 1. The topological polar surface area (TPSA) is 86.0 Å². The number of aliphatic hydroxyl groups is 1. The predicted molar refractivity (Wildman–Crippen MR) is 125 cm³/mol. The number of rotatable bonds is 4. The number of carbonyl (C=O) groups excluding carboxylic acids is 1. The van der Waals surface area contributed by atoms with Crippen molar-refractivity contribution in [1.29, 1.82) is 0 Å². The molecule has 1 amide bonds. The van der Waals surface area contributed by atoms with E-state index in [9.17, 15) is 9.90 Å². The average molecular weight is 447 g/mol. The summed E-state index contributed by atoms with van der Waals surface area (Å²) in [6.07, 6.45) is 3.76. The molecule has 0 unspecified atom stereocenters. The fraction of sp³-hybridized carbons (Fsp3) is 0.520. The van der Waals surface area contributed by atoms with E-state index in [2.05, 4.69) is 32.0 Å². The second kappa shape index (κ2) is 9.08. The fourth-order valence-electron chi connectivity index (χ4n) is 5.59. The summed E-state index contributed by atoms with van der Waals surface area (Å²) in [5.74, 6) is 1.04. The van der Waals surface area contributed by atoms with E-state index in [0.29, 0.717) is 38.3 Å². The molecule has 0 saturated carbocycles. The largest absolute Gasteiger partial charge is 0.387 e. The van der Waals surface area contributed by atoms with Crippen molar-refractivity contribution in [2.45, 2.75) is 50.2 Å². The van der Waals surface area contributed by atoms with E-state index >= 15 is 0 Å². The van der Waals surface area contributed by atoms with Crippen LogP contribution in [0.5, 0.6) is 0 Å². The van der Waals surface area contributed by atoms with Crippen LogP contribution in [0.15, 0.2) is 30.6 Å². The molecular formula is C25H30N6O2. The van der Waals surface area contributed by atoms with Gasteiger partial charge in [0.1, 0.15) is 12.1 Å². The lowest BCUT2D eigenvalue weighted by Gasteiger charge is -2.38. The quantitative estimate of drug-likeness (QED) is 0.703. The molecule has 172 valence electrons. The second-order valence-corrected chi connectivity index (χ2v) is 9.34. The van der Waals surface area contributed by atoms with Gasteiger partial charge in [-0.25, -0.2) is 14.8 Å². The number of hydrogen-bond acceptors (Lipinski definition) is 6. The Hall–Kier alpha value is -3.02. The molecule has 2 N–H and O–H groups in total. The molecule has 1 aliphatic carbocycles. The third-order valence-corrected chi connectivity index (χ3v) is 7.32. The van der Waals surface area contributed by atoms with Crippen LogP contribution >= 0.6 is 0 Å². The molecule has 3 aliphatic rings. The van der Waals surface area contributed by atoms with E-state index < -0.39 is 6.10 Å². The summed E-state index contributed by atoms with van der Waals surface area (Å²) in [5.41, 5.74) is 3.37. The number of nitrogens with zero attached hydrogens (tertiary/aromatic N) is 5. The first-order valence-electron chi connectivity index (χ1n) is 11.8. The SMILES string of the molecule is [C-]#[N+]c1ccc([C@H](C(=O)N2CCN(c3ncnc4c3[C@H](C)C[C@H]4O)CC2)[C@@H]2CCCN2)cc1. The van der Waals surface area contributed by atoms with Crippen LogP contribution in [0.25, 0.3) is 4.85 Å². The lowest BCUT2D eigenvalue weighted by molar-refractivity contribution is -0.133. The molecule has 0 bridgehead atoms. The lowest BCUT2D eigenvalue weighted by Crippen LogP contribution is -2.52. The van der Waals surface area contributed by atoms with Crippen LogP contribution in [0, 0.1) is 6.57 Å². The molecule has 0 radical (unpaired) electrons. The molecule has 2 fully saturated rings. The summed E-state index contributed by atoms with van der Waals surface area (Å²) in [6.45, 7) is 12.9. The Morgan fingerprint density at radius 3 is 2.64 bits per heavy atom. The highest BCUT2D eigenvalue weighted by Gasteiger charge is 2.37. The minimum atomic E-state index is -0.520. The van der Waals surface area contributed by atoms with Crippen molar-refractivity contribution in [3.8, 4) is 0 Å². The van der Waals surface area contributed by atoms with Gasteiger partial charge in [-0.05, 0) is 37.3 Å². The highest BCUT2D eigenvalue weighted by molar-refractivity contribution is 5.85. The minimum Gasteiger partial charge on any atom is -0.387 e. The van der Waals surface area contributed by atoms with Crippen LogP contribution in [0.4, 0.5) is 11.5 Å². The zero-order valence-electron chi connectivity index (χ0n) is 18.9. The molecule has 3 heterocycles. The van der Waals surface area contributed by atoms with Crippen molar-refractivity contribution in [3.63, 3.8) is 0 Å². The number of hydrogen-bond donors (Lipinski definition) is 2. The molecule has 0 spiro atoms. The number of benzene rings is 1. The number of fused-ring (bicyclic) bond motifs is 1. The number of nitrogens with one attached hydrogen (secondary N) is 1. The van der Waals surface area contributed by atoms with E-state index in [1.165, 1.54) is 0 Å². The summed E-state index contributed by atoms with van der Waals surface area (Å²) < 4.78 is 0. The van der Waals surface area contributed by atoms with E-state index in [1.807, 2.05) is 17.0 Å². The van der Waals surface area contributed by atoms with Gasteiger partial charge in [-0.15, -0.1) is 0 Å². The van der Waals surface area contributed by atoms with Gasteiger partial charge < -0.3 is 20.2 Å². The van der Waals surface area contributed by atoms with Gasteiger partial charge in [0.15, 0.2) is 5.69 Å². The van der Waals surface area contributed by atoms with Crippen molar-refractivity contribution >= 4 is 17.4 Å². The van der Waals surface area contributed by atoms with Gasteiger partial charge in [-0.1, -0.05) is 31.2 Å². The van der Waals surface area contributed by atoms with Gasteiger partial charge >= 0.3 is 0 Å². The van der Waals surface area contributed by atoms with Crippen molar-refractivity contribution in [2.75, 3.05) is 37.6 Å². The van der Waals surface area contributed by atoms with Crippen LogP contribution in [0.1, 0.15) is 60.9 Å². The third kappa shape index (κ3) is 4.07. The molecule has 5 rings (SSSR count). The molecule has 8 heteroatoms. The van der Waals surface area contributed by atoms with E-state index in [-0.39, 0.29) is 23.8 Å². The van der Waals surface area contributed by atoms with Crippen LogP contribution < -0.4 is 10.2 Å². The molecule has 1 aromatic heterocycles. The molecule has 8 nitrogen and oxygen atoms in total. The Labute approximate surface area is 194 Å². The molecule has 2 saturated heterocycles. The van der Waals surface area contributed by atoms with E-state index in [0.717, 1.165) is 42.0 Å². The second-order valence-electron chi connectivity index (χ2n) is 9.34. The van der Waals surface area contributed by atoms with Crippen molar-refractivity contribution in [1.82, 2.24) is 20.2 Å². The number of piperazine rings is 1. The summed E-state index contributed by atoms with van der Waals surface area (Å²) >= 11 is 0. The van der Waals surface area contributed by atoms with Gasteiger partial charge in [0, 0.05) is 37.8 Å². The molecule has 2 aromatic rings. The molecule has 4 atom stereocenters. The van der Waals surface area contributed by atoms with Gasteiger partial charge in [-0.3, -0.25) is 4.79 Å². The van der Waals surface area contributed by atoms with Crippen LogP contribution in [-0.4, -0.2) is 64.6 Å². The van der Waals surface area contributed by atoms with Gasteiger partial charge in [0.25, 0.3) is 0 Å². The van der Waals surface area contributed by atoms with Crippen molar-refractivity contribution < 1.29 is 9.90 Å². The van der Waals surface area contributed by atoms with Crippen LogP contribution in [0.2, 0.25) is 0 Å². The normalized spacial score (nSPS) is 25.5. The number of anilines is 1. The minimum absolute atomic E-state index is 0.127. The molecular weight excluding hydrogens is 416 g/mol. The number of amides is 1. The first kappa shape index (κ1) is 21.8. The van der Waals surface area contributed by atoms with Crippen LogP contribution in [-0.2, 0) is 4.79 Å². The smallest absolute Gasteiger partial charge is 0.231 e. The van der Waals surface area contributed by atoms with Crippen LogP contribution in [0.3, 0.4) is 0 Å². The summed E-state index contributed by atoms with van der Waals surface area (Å²) in [4.78, 5) is 30.3. The summed E-state index contributed by atoms with van der Waals surface area (Å²) in [7, 11) is 0. The van der Waals surface area contributed by atoms with Gasteiger partial charge in [0.05, 0.1) is 24.3 Å². The van der Waals surface area contributed by atoms with Gasteiger partial charge in [-0.2, -0.15) is 0 Å². The van der Waals surface area contributed by atoms with Gasteiger partial charge in [0.2, 0.25) is 5.91 Å². The molecule has 33 heavy (non-hydrogen) atoms. The Bertz CT molecular complexity index is 1050. The predicted octanol–water partition coefficient (Wildman–Crippen LogP) is 2.75. The van der Waals surface area contributed by atoms with E-state index in [4.69, 9.17) is 6.57 Å². The standard InChI is InChI=1S/C25H30N6O2/c1-16-14-20(32)23-21(16)24(29-15-28-23)30-10-12-31(13-11-30)25(33)22(19-4-3-9-27-19)17-5-7-18(26-2)8-6-17/h5-8,15-16,19-20,22,27,32H,3-4,9-14H2,1H3/t16-,19+,20-,22+/m1/s1. The number of carbonyl (C=O) groups is 1. The highest BCUT2D eigenvalue weighted by Crippen LogP contribution is 2.43. The first-order valence-corrected chi connectivity index (χ1v) is 11.8. The average Bonchev–Trinajstić information content (AvgIpc) is 3.48. The van der Waals surface area contributed by atoms with Crippen molar-refractivity contribution in [2.24, 2.45) is 0 Å². The molecule has 1 aromatic carbocycles. The third-order valence-electron chi connectivity index (χ3n) is 7.32. The Kier molecular flexibility index (Phi) is 6.00. The fourth-order valence-corrected chi connectivity index (χ4v) is 5.59. The Balaban J connectivity index is 1.32. The maximum Gasteiger partial charge on any atom is 0.231 e. The Morgan fingerprint density at radius 2 is 1.97 bits per heavy atom.